The molecule has 0 radical (unpaired) electrons. The Kier molecular flexibility index (Phi) is 12.6. The average Bonchev–Trinajstić information content (AvgIpc) is 2.74. The summed E-state index contributed by atoms with van der Waals surface area (Å²) in [5.74, 6) is -0.317. The first kappa shape index (κ1) is 25.1. The normalized spacial score (nSPS) is 11.2. The Bertz CT molecular complexity index is 773. The topological polar surface area (TPSA) is 45.7 Å². The number of carbonyl (C=O) groups excluding carboxylic acids is 1. The molecular weight excluding hydrogens is 374 g/mol. The monoisotopic (exact) mass is 409 g/mol. The number of ether oxygens (including phenoxy) is 1. The molecule has 5 heteroatoms. The van der Waals surface area contributed by atoms with Crippen molar-refractivity contribution >= 4 is 5.97 Å². The van der Waals surface area contributed by atoms with Crippen LogP contribution in [0.1, 0.15) is 24.6 Å². The van der Waals surface area contributed by atoms with Gasteiger partial charge < -0.3 is 14.5 Å². The fourth-order valence-corrected chi connectivity index (χ4v) is 2.73. The van der Waals surface area contributed by atoms with Gasteiger partial charge in [-0.05, 0) is 46.0 Å². The van der Waals surface area contributed by atoms with Crippen molar-refractivity contribution in [1.82, 2.24) is 14.8 Å². The summed E-state index contributed by atoms with van der Waals surface area (Å²) < 4.78 is 4.77. The van der Waals surface area contributed by atoms with Gasteiger partial charge in [-0.25, -0.2) is 4.79 Å². The van der Waals surface area contributed by atoms with Gasteiger partial charge in [0.1, 0.15) is 0 Å². The van der Waals surface area contributed by atoms with Crippen LogP contribution in [0.25, 0.3) is 0 Å². The number of methoxy groups -OCH3 is 1. The summed E-state index contributed by atoms with van der Waals surface area (Å²) in [5.41, 5.74) is 2.95. The summed E-state index contributed by atoms with van der Waals surface area (Å²) in [6.45, 7) is 6.63. The van der Waals surface area contributed by atoms with Crippen molar-refractivity contribution in [3.05, 3.63) is 89.9 Å². The van der Waals surface area contributed by atoms with Crippen molar-refractivity contribution in [2.75, 3.05) is 34.3 Å². The van der Waals surface area contributed by atoms with Crippen LogP contribution in [0.2, 0.25) is 0 Å². The lowest BCUT2D eigenvalue weighted by atomic mass is 10.2. The van der Waals surface area contributed by atoms with Gasteiger partial charge >= 0.3 is 5.97 Å². The number of aryl methyl sites for hydroxylation is 1. The summed E-state index contributed by atoms with van der Waals surface area (Å²) in [4.78, 5) is 20.2. The summed E-state index contributed by atoms with van der Waals surface area (Å²) in [7, 11) is 5.45. The third kappa shape index (κ3) is 11.2. The van der Waals surface area contributed by atoms with Crippen molar-refractivity contribution in [1.29, 1.82) is 0 Å². The number of benzene rings is 1. The standard InChI is InChI=1S/C18H27N3O2.C7H8/c1-5-9-16(18(22)23-4)14-20(2)12-8-13-21(3)15-17-10-6-7-11-19-17;1-7-5-3-2-4-6-7/h5-7,9-11,14H,8,12-13,15H2,1-4H3;2-6H,1H3/b9-5-,16-14+;. The summed E-state index contributed by atoms with van der Waals surface area (Å²) in [6.07, 6.45) is 8.23. The van der Waals surface area contributed by atoms with E-state index in [1.54, 1.807) is 6.08 Å². The second-order valence-electron chi connectivity index (χ2n) is 7.12. The van der Waals surface area contributed by atoms with E-state index in [4.69, 9.17) is 4.74 Å². The van der Waals surface area contributed by atoms with E-state index in [9.17, 15) is 4.79 Å². The number of aromatic nitrogens is 1. The number of hydrogen-bond donors (Lipinski definition) is 0. The Labute approximate surface area is 181 Å². The van der Waals surface area contributed by atoms with E-state index in [-0.39, 0.29) is 5.97 Å². The van der Waals surface area contributed by atoms with Crippen molar-refractivity contribution in [3.8, 4) is 0 Å². The maximum atomic E-state index is 11.6. The van der Waals surface area contributed by atoms with Crippen LogP contribution >= 0.6 is 0 Å². The minimum absolute atomic E-state index is 0.317. The molecule has 0 fully saturated rings. The number of carbonyl (C=O) groups is 1. The van der Waals surface area contributed by atoms with E-state index in [0.29, 0.717) is 5.57 Å². The Morgan fingerprint density at radius 1 is 1.07 bits per heavy atom. The predicted octanol–water partition coefficient (Wildman–Crippen LogP) is 4.46. The zero-order valence-electron chi connectivity index (χ0n) is 18.9. The van der Waals surface area contributed by atoms with Gasteiger partial charge in [-0.2, -0.15) is 0 Å². The lowest BCUT2D eigenvalue weighted by molar-refractivity contribution is -0.135. The first-order valence-electron chi connectivity index (χ1n) is 10.2. The van der Waals surface area contributed by atoms with Crippen LogP contribution < -0.4 is 0 Å². The Hall–Kier alpha value is -2.92. The lowest BCUT2D eigenvalue weighted by Gasteiger charge is -2.19. The van der Waals surface area contributed by atoms with E-state index < -0.39 is 0 Å². The number of rotatable bonds is 9. The van der Waals surface area contributed by atoms with Crippen molar-refractivity contribution in [2.24, 2.45) is 0 Å². The van der Waals surface area contributed by atoms with Crippen LogP contribution in [0.15, 0.2) is 78.7 Å². The van der Waals surface area contributed by atoms with Gasteiger partial charge in [0.2, 0.25) is 0 Å². The molecule has 0 aliphatic carbocycles. The summed E-state index contributed by atoms with van der Waals surface area (Å²) in [6, 6.07) is 16.2. The molecule has 0 atom stereocenters. The molecule has 0 bridgehead atoms. The molecule has 0 spiro atoms. The van der Waals surface area contributed by atoms with Gasteiger partial charge in [0.15, 0.2) is 0 Å². The fourth-order valence-electron chi connectivity index (χ4n) is 2.73. The lowest BCUT2D eigenvalue weighted by Crippen LogP contribution is -2.24. The van der Waals surface area contributed by atoms with Gasteiger partial charge in [-0.1, -0.05) is 54.1 Å². The van der Waals surface area contributed by atoms with E-state index in [1.165, 1.54) is 12.7 Å². The molecule has 0 amide bonds. The Morgan fingerprint density at radius 3 is 2.30 bits per heavy atom. The molecule has 0 aliphatic rings. The molecule has 0 unspecified atom stereocenters. The van der Waals surface area contributed by atoms with Gasteiger partial charge in [-0.15, -0.1) is 0 Å². The molecule has 2 aromatic rings. The maximum absolute atomic E-state index is 11.6. The third-order valence-corrected chi connectivity index (χ3v) is 4.28. The molecule has 1 aromatic carbocycles. The van der Waals surface area contributed by atoms with Gasteiger partial charge in [0, 0.05) is 32.5 Å². The minimum atomic E-state index is -0.317. The number of nitrogens with zero attached hydrogens (tertiary/aromatic N) is 3. The van der Waals surface area contributed by atoms with Gasteiger partial charge in [0.25, 0.3) is 0 Å². The van der Waals surface area contributed by atoms with Crippen LogP contribution in [-0.4, -0.2) is 55.0 Å². The first-order chi connectivity index (χ1) is 14.5. The maximum Gasteiger partial charge on any atom is 0.339 e. The molecule has 5 nitrogen and oxygen atoms in total. The first-order valence-corrected chi connectivity index (χ1v) is 10.2. The molecule has 0 saturated carbocycles. The number of hydrogen-bond acceptors (Lipinski definition) is 5. The quantitative estimate of drug-likeness (QED) is 0.348. The average molecular weight is 410 g/mol. The highest BCUT2D eigenvalue weighted by molar-refractivity contribution is 5.91. The highest BCUT2D eigenvalue weighted by Gasteiger charge is 2.07. The molecule has 0 aliphatic heterocycles. The molecule has 1 heterocycles. The second-order valence-corrected chi connectivity index (χ2v) is 7.12. The minimum Gasteiger partial charge on any atom is -0.465 e. The molecule has 1 aromatic heterocycles. The van der Waals surface area contributed by atoms with Crippen molar-refractivity contribution in [3.63, 3.8) is 0 Å². The van der Waals surface area contributed by atoms with E-state index in [2.05, 4.69) is 36.0 Å². The van der Waals surface area contributed by atoms with Gasteiger partial charge in [-0.3, -0.25) is 4.98 Å². The van der Waals surface area contributed by atoms with Crippen LogP contribution in [-0.2, 0) is 16.1 Å². The molecular formula is C25H35N3O2. The Balaban J connectivity index is 0.000000539. The van der Waals surface area contributed by atoms with Gasteiger partial charge in [0.05, 0.1) is 18.4 Å². The molecule has 30 heavy (non-hydrogen) atoms. The van der Waals surface area contributed by atoms with E-state index in [1.807, 2.05) is 73.7 Å². The number of allylic oxidation sites excluding steroid dienone is 1. The summed E-state index contributed by atoms with van der Waals surface area (Å²) >= 11 is 0. The number of esters is 1. The zero-order valence-corrected chi connectivity index (χ0v) is 18.9. The van der Waals surface area contributed by atoms with Crippen molar-refractivity contribution < 1.29 is 9.53 Å². The second kappa shape index (κ2) is 15.0. The van der Waals surface area contributed by atoms with E-state index >= 15 is 0 Å². The van der Waals surface area contributed by atoms with Crippen LogP contribution in [0.5, 0.6) is 0 Å². The molecule has 0 saturated heterocycles. The highest BCUT2D eigenvalue weighted by Crippen LogP contribution is 2.04. The number of pyridine rings is 1. The SMILES string of the molecule is C/C=C\C(=C/N(C)CCCN(C)Cc1ccccn1)C(=O)OC.Cc1ccccc1. The van der Waals surface area contributed by atoms with Crippen LogP contribution in [0.3, 0.4) is 0 Å². The fraction of sp³-hybridized carbons (Fsp3) is 0.360. The smallest absolute Gasteiger partial charge is 0.339 e. The molecule has 0 N–H and O–H groups in total. The van der Waals surface area contributed by atoms with Crippen LogP contribution in [0.4, 0.5) is 0 Å². The van der Waals surface area contributed by atoms with Crippen molar-refractivity contribution in [2.45, 2.75) is 26.8 Å². The third-order valence-electron chi connectivity index (χ3n) is 4.28. The molecule has 162 valence electrons. The zero-order chi connectivity index (χ0) is 22.2. The predicted molar refractivity (Wildman–Crippen MR) is 124 cm³/mol. The van der Waals surface area contributed by atoms with Crippen LogP contribution in [0, 0.1) is 6.92 Å². The summed E-state index contributed by atoms with van der Waals surface area (Å²) in [5, 5.41) is 0. The van der Waals surface area contributed by atoms with E-state index in [0.717, 1.165) is 31.7 Å². The molecule has 2 rings (SSSR count). The Morgan fingerprint density at radius 2 is 1.77 bits per heavy atom. The largest absolute Gasteiger partial charge is 0.465 e. The highest BCUT2D eigenvalue weighted by atomic mass is 16.5.